The minimum absolute atomic E-state index is 1.00. The van der Waals surface area contributed by atoms with Crippen LogP contribution >= 0.6 is 0 Å². The Balaban J connectivity index is 2.06. The molecule has 2 aromatic rings. The summed E-state index contributed by atoms with van der Waals surface area (Å²) in [5.41, 5.74) is 5.41. The van der Waals surface area contributed by atoms with Gasteiger partial charge >= 0.3 is 0 Å². The van der Waals surface area contributed by atoms with Crippen LogP contribution in [0.4, 0.5) is 5.69 Å². The molecule has 0 aromatic heterocycles. The van der Waals surface area contributed by atoms with E-state index in [0.29, 0.717) is 0 Å². The molecule has 1 atom stereocenters. The molecule has 2 aromatic carbocycles. The van der Waals surface area contributed by atoms with Crippen molar-refractivity contribution in [2.75, 3.05) is 13.6 Å². The SMILES string of the molecule is Cc1cccc(C)c1[NH+](C)C/C=C/c1ccccc1. The molecule has 0 saturated heterocycles. The van der Waals surface area contributed by atoms with Crippen molar-refractivity contribution >= 4 is 11.8 Å². The molecule has 1 unspecified atom stereocenters. The molecule has 0 bridgehead atoms. The van der Waals surface area contributed by atoms with Gasteiger partial charge in [-0.25, -0.2) is 0 Å². The molecular formula is C18H22N+. The normalized spacial score (nSPS) is 12.8. The minimum atomic E-state index is 1.00. The quantitative estimate of drug-likeness (QED) is 0.852. The lowest BCUT2D eigenvalue weighted by molar-refractivity contribution is -0.803. The number of quaternary nitrogens is 1. The maximum absolute atomic E-state index is 2.25. The van der Waals surface area contributed by atoms with Crippen LogP contribution < -0.4 is 4.90 Å². The molecular weight excluding hydrogens is 230 g/mol. The third-order valence-corrected chi connectivity index (χ3v) is 3.44. The third-order valence-electron chi connectivity index (χ3n) is 3.44. The lowest BCUT2D eigenvalue weighted by Gasteiger charge is -2.16. The third kappa shape index (κ3) is 3.55. The Labute approximate surface area is 116 Å². The Morgan fingerprint density at radius 3 is 2.16 bits per heavy atom. The number of rotatable bonds is 4. The van der Waals surface area contributed by atoms with Crippen molar-refractivity contribution in [2.45, 2.75) is 13.8 Å². The molecule has 0 aliphatic rings. The summed E-state index contributed by atoms with van der Waals surface area (Å²) in [6.07, 6.45) is 4.44. The van der Waals surface area contributed by atoms with Gasteiger partial charge in [-0.1, -0.05) is 54.6 Å². The van der Waals surface area contributed by atoms with E-state index in [1.807, 2.05) is 6.07 Å². The highest BCUT2D eigenvalue weighted by molar-refractivity contribution is 5.49. The number of hydrogen-bond acceptors (Lipinski definition) is 0. The van der Waals surface area contributed by atoms with E-state index in [1.54, 1.807) is 0 Å². The molecule has 0 amide bonds. The second-order valence-corrected chi connectivity index (χ2v) is 5.06. The largest absolute Gasteiger partial charge is 0.301 e. The van der Waals surface area contributed by atoms with E-state index < -0.39 is 0 Å². The highest BCUT2D eigenvalue weighted by Gasteiger charge is 2.10. The van der Waals surface area contributed by atoms with Crippen LogP contribution in [0.25, 0.3) is 6.08 Å². The van der Waals surface area contributed by atoms with Gasteiger partial charge in [0.05, 0.1) is 7.05 Å². The Bertz CT molecular complexity index is 535. The first-order valence-corrected chi connectivity index (χ1v) is 6.79. The molecule has 19 heavy (non-hydrogen) atoms. The summed E-state index contributed by atoms with van der Waals surface area (Å²) in [5, 5.41) is 0. The fourth-order valence-corrected chi connectivity index (χ4v) is 2.53. The van der Waals surface area contributed by atoms with Gasteiger partial charge in [0.1, 0.15) is 12.2 Å². The van der Waals surface area contributed by atoms with Crippen LogP contribution in [-0.4, -0.2) is 13.6 Å². The number of aryl methyl sites for hydroxylation is 2. The van der Waals surface area contributed by atoms with Gasteiger partial charge < -0.3 is 4.90 Å². The Kier molecular flexibility index (Phi) is 4.53. The summed E-state index contributed by atoms with van der Waals surface area (Å²) in [7, 11) is 2.23. The zero-order valence-electron chi connectivity index (χ0n) is 12.0. The van der Waals surface area contributed by atoms with Gasteiger partial charge in [0.15, 0.2) is 0 Å². The van der Waals surface area contributed by atoms with E-state index in [1.165, 1.54) is 27.3 Å². The van der Waals surface area contributed by atoms with Gasteiger partial charge in [-0.15, -0.1) is 0 Å². The average molecular weight is 252 g/mol. The average Bonchev–Trinajstić information content (AvgIpc) is 2.40. The van der Waals surface area contributed by atoms with E-state index in [2.05, 4.69) is 75.5 Å². The molecule has 98 valence electrons. The Hall–Kier alpha value is -1.86. The number of para-hydroxylation sites is 1. The van der Waals surface area contributed by atoms with Crippen molar-refractivity contribution in [1.82, 2.24) is 0 Å². The van der Waals surface area contributed by atoms with Crippen molar-refractivity contribution in [2.24, 2.45) is 0 Å². The maximum Gasteiger partial charge on any atom is 0.137 e. The summed E-state index contributed by atoms with van der Waals surface area (Å²) in [4.78, 5) is 1.43. The lowest BCUT2D eigenvalue weighted by Crippen LogP contribution is -3.04. The molecule has 0 aliphatic carbocycles. The molecule has 0 aliphatic heterocycles. The Morgan fingerprint density at radius 1 is 0.895 bits per heavy atom. The van der Waals surface area contributed by atoms with Crippen molar-refractivity contribution < 1.29 is 4.90 Å². The first-order valence-electron chi connectivity index (χ1n) is 6.79. The second-order valence-electron chi connectivity index (χ2n) is 5.06. The van der Waals surface area contributed by atoms with E-state index in [-0.39, 0.29) is 0 Å². The standard InChI is InChI=1S/C18H21N/c1-15-9-7-10-16(2)18(15)19(3)14-8-13-17-11-5-4-6-12-17/h4-13H,14H2,1-3H3/p+1/b13-8+. The van der Waals surface area contributed by atoms with E-state index >= 15 is 0 Å². The topological polar surface area (TPSA) is 4.44 Å². The molecule has 0 fully saturated rings. The molecule has 0 heterocycles. The smallest absolute Gasteiger partial charge is 0.137 e. The van der Waals surface area contributed by atoms with E-state index in [0.717, 1.165) is 6.54 Å². The van der Waals surface area contributed by atoms with Crippen LogP contribution in [0.2, 0.25) is 0 Å². The second kappa shape index (κ2) is 6.35. The van der Waals surface area contributed by atoms with Gasteiger partial charge in [0.25, 0.3) is 0 Å². The van der Waals surface area contributed by atoms with Crippen molar-refractivity contribution in [3.63, 3.8) is 0 Å². The molecule has 1 nitrogen and oxygen atoms in total. The molecule has 2 rings (SSSR count). The summed E-state index contributed by atoms with van der Waals surface area (Å²) in [6, 6.07) is 16.9. The van der Waals surface area contributed by atoms with Gasteiger partial charge in [-0.3, -0.25) is 0 Å². The Morgan fingerprint density at radius 2 is 1.53 bits per heavy atom. The van der Waals surface area contributed by atoms with Crippen LogP contribution in [0.5, 0.6) is 0 Å². The number of nitrogens with one attached hydrogen (secondary N) is 1. The van der Waals surface area contributed by atoms with Crippen molar-refractivity contribution in [3.05, 3.63) is 71.3 Å². The molecule has 0 radical (unpaired) electrons. The highest BCUT2D eigenvalue weighted by atomic mass is 15.1. The van der Waals surface area contributed by atoms with Crippen LogP contribution in [0.3, 0.4) is 0 Å². The number of hydrogen-bond donors (Lipinski definition) is 1. The van der Waals surface area contributed by atoms with Crippen LogP contribution in [0, 0.1) is 13.8 Å². The van der Waals surface area contributed by atoms with Crippen LogP contribution in [0.1, 0.15) is 16.7 Å². The molecule has 0 spiro atoms. The summed E-state index contributed by atoms with van der Waals surface area (Å²) in [5.74, 6) is 0. The van der Waals surface area contributed by atoms with Crippen LogP contribution in [-0.2, 0) is 0 Å². The number of likely N-dealkylation sites (N-methyl/N-ethyl adjacent to an activating group) is 1. The summed E-state index contributed by atoms with van der Waals surface area (Å²) in [6.45, 7) is 5.38. The fraction of sp³-hybridized carbons (Fsp3) is 0.222. The predicted molar refractivity (Wildman–Crippen MR) is 82.8 cm³/mol. The first-order chi connectivity index (χ1) is 9.18. The van der Waals surface area contributed by atoms with Crippen LogP contribution in [0.15, 0.2) is 54.6 Å². The first kappa shape index (κ1) is 13.6. The number of benzene rings is 2. The van der Waals surface area contributed by atoms with Gasteiger partial charge in [-0.2, -0.15) is 0 Å². The zero-order chi connectivity index (χ0) is 13.7. The summed E-state index contributed by atoms with van der Waals surface area (Å²) < 4.78 is 0. The lowest BCUT2D eigenvalue weighted by atomic mass is 10.1. The zero-order valence-corrected chi connectivity index (χ0v) is 12.0. The predicted octanol–water partition coefficient (Wildman–Crippen LogP) is 3.16. The maximum atomic E-state index is 2.25. The molecule has 0 saturated carbocycles. The highest BCUT2D eigenvalue weighted by Crippen LogP contribution is 2.14. The minimum Gasteiger partial charge on any atom is -0.301 e. The molecule has 1 heteroatoms. The van der Waals surface area contributed by atoms with E-state index in [9.17, 15) is 0 Å². The fourth-order valence-electron chi connectivity index (χ4n) is 2.53. The monoisotopic (exact) mass is 252 g/mol. The van der Waals surface area contributed by atoms with Gasteiger partial charge in [0, 0.05) is 11.1 Å². The van der Waals surface area contributed by atoms with Gasteiger partial charge in [-0.05, 0) is 25.5 Å². The summed E-state index contributed by atoms with van der Waals surface area (Å²) >= 11 is 0. The van der Waals surface area contributed by atoms with E-state index in [4.69, 9.17) is 0 Å². The van der Waals surface area contributed by atoms with Crippen molar-refractivity contribution in [3.8, 4) is 0 Å². The van der Waals surface area contributed by atoms with Gasteiger partial charge in [0.2, 0.25) is 0 Å². The molecule has 1 N–H and O–H groups in total. The van der Waals surface area contributed by atoms with Crippen molar-refractivity contribution in [1.29, 1.82) is 0 Å².